The average Bonchev–Trinajstić information content (AvgIpc) is 2.54. The van der Waals surface area contributed by atoms with Crippen molar-refractivity contribution < 1.29 is 18.7 Å². The molecule has 0 fully saturated rings. The van der Waals surface area contributed by atoms with Crippen LogP contribution in [0.2, 0.25) is 5.02 Å². The molecule has 0 saturated heterocycles. The Labute approximate surface area is 93.9 Å². The molecule has 0 unspecified atom stereocenters. The molecule has 0 aliphatic rings. The third-order valence-corrected chi connectivity index (χ3v) is 2.77. The normalized spacial score (nSPS) is 11.0. The zero-order valence-corrected chi connectivity index (χ0v) is 8.85. The molecule has 2 aromatic rings. The lowest BCUT2D eigenvalue weighted by Crippen LogP contribution is -2.03. The highest BCUT2D eigenvalue weighted by Gasteiger charge is 2.18. The molecule has 6 heteroatoms. The van der Waals surface area contributed by atoms with Gasteiger partial charge in [0.15, 0.2) is 11.6 Å². The van der Waals surface area contributed by atoms with Gasteiger partial charge in [-0.25, -0.2) is 13.6 Å². The number of benzene rings is 1. The number of hydrogen-bond acceptors (Lipinski definition) is 1. The summed E-state index contributed by atoms with van der Waals surface area (Å²) in [7, 11) is 1.44. The number of halogens is 3. The van der Waals surface area contributed by atoms with Crippen molar-refractivity contribution in [1.29, 1.82) is 0 Å². The van der Waals surface area contributed by atoms with Crippen LogP contribution in [0.15, 0.2) is 12.1 Å². The standard InChI is InChI=1S/C10H6ClF2NO2/c1-14-6-3-5(12)9(13)8(11)4(6)2-7(14)10(15)16/h2-3H,1H3,(H,15,16). The third kappa shape index (κ3) is 1.36. The van der Waals surface area contributed by atoms with Gasteiger partial charge in [0, 0.05) is 18.5 Å². The van der Waals surface area contributed by atoms with Gasteiger partial charge in [-0.15, -0.1) is 0 Å². The van der Waals surface area contributed by atoms with Gasteiger partial charge in [0.2, 0.25) is 0 Å². The summed E-state index contributed by atoms with van der Waals surface area (Å²) < 4.78 is 27.5. The van der Waals surface area contributed by atoms with E-state index in [4.69, 9.17) is 16.7 Å². The highest BCUT2D eigenvalue weighted by Crippen LogP contribution is 2.30. The van der Waals surface area contributed by atoms with Gasteiger partial charge in [0.25, 0.3) is 0 Å². The number of nitrogens with zero attached hydrogens (tertiary/aromatic N) is 1. The van der Waals surface area contributed by atoms with Gasteiger partial charge >= 0.3 is 5.97 Å². The Hall–Kier alpha value is -1.62. The van der Waals surface area contributed by atoms with Crippen LogP contribution in [0.4, 0.5) is 8.78 Å². The molecule has 1 heterocycles. The molecule has 0 bridgehead atoms. The van der Waals surface area contributed by atoms with Crippen LogP contribution in [-0.2, 0) is 7.05 Å². The Morgan fingerprint density at radius 1 is 1.44 bits per heavy atom. The van der Waals surface area contributed by atoms with Crippen molar-refractivity contribution in [2.45, 2.75) is 0 Å². The lowest BCUT2D eigenvalue weighted by Gasteiger charge is -2.01. The molecule has 0 amide bonds. The number of carbonyl (C=O) groups is 1. The molecule has 0 saturated carbocycles. The molecule has 0 aliphatic heterocycles. The summed E-state index contributed by atoms with van der Waals surface area (Å²) in [5.41, 5.74) is 0.156. The minimum atomic E-state index is -1.18. The van der Waals surface area contributed by atoms with E-state index in [1.54, 1.807) is 0 Å². The molecular formula is C10H6ClF2NO2. The Bertz CT molecular complexity index is 607. The summed E-state index contributed by atoms with van der Waals surface area (Å²) in [6.45, 7) is 0. The van der Waals surface area contributed by atoms with Gasteiger partial charge in [-0.3, -0.25) is 0 Å². The highest BCUT2D eigenvalue weighted by atomic mass is 35.5. The first kappa shape index (κ1) is 10.9. The van der Waals surface area contributed by atoms with Crippen LogP contribution in [0, 0.1) is 11.6 Å². The molecule has 84 valence electrons. The number of aromatic nitrogens is 1. The second-order valence-electron chi connectivity index (χ2n) is 3.31. The lowest BCUT2D eigenvalue weighted by atomic mass is 10.2. The molecule has 1 aromatic heterocycles. The maximum atomic E-state index is 13.1. The van der Waals surface area contributed by atoms with E-state index in [9.17, 15) is 13.6 Å². The van der Waals surface area contributed by atoms with Gasteiger partial charge in [-0.05, 0) is 6.07 Å². The van der Waals surface area contributed by atoms with E-state index in [2.05, 4.69) is 0 Å². The van der Waals surface area contributed by atoms with Crippen molar-refractivity contribution in [3.05, 3.63) is 34.5 Å². The molecular weight excluding hydrogens is 240 g/mol. The van der Waals surface area contributed by atoms with Gasteiger partial charge in [0.1, 0.15) is 5.69 Å². The smallest absolute Gasteiger partial charge is 0.352 e. The van der Waals surface area contributed by atoms with Crippen LogP contribution in [0.5, 0.6) is 0 Å². The van der Waals surface area contributed by atoms with Crippen LogP contribution in [0.25, 0.3) is 10.9 Å². The first-order valence-electron chi connectivity index (χ1n) is 4.29. The maximum Gasteiger partial charge on any atom is 0.352 e. The maximum absolute atomic E-state index is 13.1. The van der Waals surface area contributed by atoms with Crippen molar-refractivity contribution in [3.8, 4) is 0 Å². The summed E-state index contributed by atoms with van der Waals surface area (Å²) in [6, 6.07) is 2.13. The third-order valence-electron chi connectivity index (χ3n) is 2.40. The summed E-state index contributed by atoms with van der Waals surface area (Å²) in [5, 5.41) is 8.62. The van der Waals surface area contributed by atoms with E-state index >= 15 is 0 Å². The van der Waals surface area contributed by atoms with Crippen molar-refractivity contribution >= 4 is 28.5 Å². The highest BCUT2D eigenvalue weighted by molar-refractivity contribution is 6.35. The van der Waals surface area contributed by atoms with Crippen LogP contribution < -0.4 is 0 Å². The van der Waals surface area contributed by atoms with Crippen LogP contribution in [0.1, 0.15) is 10.5 Å². The number of aromatic carboxylic acids is 1. The topological polar surface area (TPSA) is 42.2 Å². The number of hydrogen-bond donors (Lipinski definition) is 1. The quantitative estimate of drug-likeness (QED) is 0.785. The first-order valence-corrected chi connectivity index (χ1v) is 4.67. The zero-order valence-electron chi connectivity index (χ0n) is 8.09. The molecule has 1 N–H and O–H groups in total. The molecule has 0 radical (unpaired) electrons. The minimum absolute atomic E-state index is 0.0816. The van der Waals surface area contributed by atoms with Crippen molar-refractivity contribution in [2.24, 2.45) is 7.05 Å². The summed E-state index contributed by atoms with van der Waals surface area (Å²) in [5.74, 6) is -3.46. The predicted octanol–water partition coefficient (Wildman–Crippen LogP) is 2.81. The predicted molar refractivity (Wildman–Crippen MR) is 54.8 cm³/mol. The van der Waals surface area contributed by atoms with Crippen molar-refractivity contribution in [1.82, 2.24) is 4.57 Å². The average molecular weight is 246 g/mol. The van der Waals surface area contributed by atoms with Crippen molar-refractivity contribution in [3.63, 3.8) is 0 Å². The van der Waals surface area contributed by atoms with E-state index < -0.39 is 22.6 Å². The van der Waals surface area contributed by atoms with Gasteiger partial charge in [0.05, 0.1) is 10.5 Å². The van der Waals surface area contributed by atoms with E-state index in [-0.39, 0.29) is 16.6 Å². The van der Waals surface area contributed by atoms with E-state index in [1.807, 2.05) is 0 Å². The fraction of sp³-hybridized carbons (Fsp3) is 0.100. The molecule has 16 heavy (non-hydrogen) atoms. The molecule has 1 aromatic carbocycles. The Morgan fingerprint density at radius 3 is 2.62 bits per heavy atom. The number of fused-ring (bicyclic) bond motifs is 1. The number of carboxylic acid groups (broad SMARTS) is 1. The van der Waals surface area contributed by atoms with E-state index in [1.165, 1.54) is 17.7 Å². The second kappa shape index (κ2) is 3.45. The van der Waals surface area contributed by atoms with Crippen LogP contribution in [-0.4, -0.2) is 15.6 Å². The van der Waals surface area contributed by atoms with Crippen LogP contribution >= 0.6 is 11.6 Å². The SMILES string of the molecule is Cn1c(C(=O)O)cc2c(Cl)c(F)c(F)cc21. The molecule has 0 aliphatic carbocycles. The summed E-state index contributed by atoms with van der Waals surface area (Å²) in [6.07, 6.45) is 0. The van der Waals surface area contributed by atoms with Crippen molar-refractivity contribution in [2.75, 3.05) is 0 Å². The fourth-order valence-electron chi connectivity index (χ4n) is 1.58. The fourth-order valence-corrected chi connectivity index (χ4v) is 1.82. The van der Waals surface area contributed by atoms with Crippen LogP contribution in [0.3, 0.4) is 0 Å². The molecule has 0 spiro atoms. The summed E-state index contributed by atoms with van der Waals surface area (Å²) in [4.78, 5) is 10.8. The molecule has 3 nitrogen and oxygen atoms in total. The van der Waals surface area contributed by atoms with Gasteiger partial charge < -0.3 is 9.67 Å². The Balaban J connectivity index is 2.92. The monoisotopic (exact) mass is 245 g/mol. The largest absolute Gasteiger partial charge is 0.477 e. The van der Waals surface area contributed by atoms with E-state index in [0.29, 0.717) is 0 Å². The summed E-state index contributed by atoms with van der Waals surface area (Å²) >= 11 is 5.60. The van der Waals surface area contributed by atoms with E-state index in [0.717, 1.165) is 6.07 Å². The van der Waals surface area contributed by atoms with Gasteiger partial charge in [-0.2, -0.15) is 0 Å². The Kier molecular flexibility index (Phi) is 2.35. The first-order chi connectivity index (χ1) is 7.43. The molecule has 0 atom stereocenters. The second-order valence-corrected chi connectivity index (χ2v) is 3.69. The number of carboxylic acids is 1. The Morgan fingerprint density at radius 2 is 2.06 bits per heavy atom. The zero-order chi connectivity index (χ0) is 12.0. The lowest BCUT2D eigenvalue weighted by molar-refractivity contribution is 0.0687. The number of aryl methyl sites for hydroxylation is 1. The minimum Gasteiger partial charge on any atom is -0.477 e. The van der Waals surface area contributed by atoms with Gasteiger partial charge in [-0.1, -0.05) is 11.6 Å². The molecule has 2 rings (SSSR count). The number of rotatable bonds is 1.